The molecule has 0 unspecified atom stereocenters. The molecule has 16 N–H and O–H groups in total. The molecule has 4 rings (SSSR count). The number of nitrogens with one attached hydrogen (secondary N) is 6. The average Bonchev–Trinajstić information content (AvgIpc) is 3.40. The smallest absolute Gasteiger partial charge is 0.255 e. The molecule has 406 valence electrons. The summed E-state index contributed by atoms with van der Waals surface area (Å²) >= 11 is 0. The van der Waals surface area contributed by atoms with Crippen molar-refractivity contribution >= 4 is 64.1 Å². The molecule has 75 heavy (non-hydrogen) atoms. The third kappa shape index (κ3) is 18.2. The molecular weight excluding hydrogens is 967 g/mol. The Bertz CT molecular complexity index is 2600. The van der Waals surface area contributed by atoms with E-state index >= 15 is 0 Å². The molecule has 22 heteroatoms. The van der Waals surface area contributed by atoms with Crippen LogP contribution in [0.4, 0.5) is 22.7 Å². The monoisotopic (exact) mass is 1040 g/mol. The highest BCUT2D eigenvalue weighted by Crippen LogP contribution is 2.28. The standard InChI is InChI=1S/C53H73N11O11/c1-72-43-22-18-33(29-36(43)47(58)65)59-51(69)41(15-9-6-12-26-55)63-49(67)38-31-35(20-24-45(38)74-3)61-53(71)42(16-10-7-13-27-56)64-50(68)39-30-34(19-23-46(39)75-4)60-52(70)40(14-8-5-11-25-54)62-48(66)37-28-32(57)17-21-44(37)73-2/h17-24,28-31,40-42H,5-16,25-27,54-57H2,1-4H3,(H2,58,65)(H,59,69)(H,60,70)(H,61,71)(H,62,66)(H,63,67)(H,64,68)/t40-,41-,42-/m0/s1. The highest BCUT2D eigenvalue weighted by atomic mass is 16.5. The van der Waals surface area contributed by atoms with Gasteiger partial charge in [-0.1, -0.05) is 38.5 Å². The molecule has 0 bridgehead atoms. The summed E-state index contributed by atoms with van der Waals surface area (Å²) in [6, 6.07) is 14.6. The van der Waals surface area contributed by atoms with Gasteiger partial charge in [-0.3, -0.25) is 33.6 Å². The quantitative estimate of drug-likeness (QED) is 0.0242. The van der Waals surface area contributed by atoms with Gasteiger partial charge in [0.2, 0.25) is 17.7 Å². The highest BCUT2D eigenvalue weighted by Gasteiger charge is 2.28. The molecular formula is C53H73N11O11. The third-order valence-electron chi connectivity index (χ3n) is 12.1. The summed E-state index contributed by atoms with van der Waals surface area (Å²) in [7, 11) is 5.53. The maximum absolute atomic E-state index is 14.2. The lowest BCUT2D eigenvalue weighted by Crippen LogP contribution is -2.44. The summed E-state index contributed by atoms with van der Waals surface area (Å²) in [5.74, 6) is -3.71. The largest absolute Gasteiger partial charge is 0.496 e. The first kappa shape index (κ1) is 59.6. The van der Waals surface area contributed by atoms with Gasteiger partial charge >= 0.3 is 0 Å². The van der Waals surface area contributed by atoms with Crippen molar-refractivity contribution in [1.82, 2.24) is 16.0 Å². The van der Waals surface area contributed by atoms with Crippen molar-refractivity contribution in [2.24, 2.45) is 22.9 Å². The van der Waals surface area contributed by atoms with E-state index in [-0.39, 0.29) is 81.6 Å². The zero-order chi connectivity index (χ0) is 54.9. The highest BCUT2D eigenvalue weighted by molar-refractivity contribution is 6.07. The Balaban J connectivity index is 1.57. The minimum atomic E-state index is -1.12. The van der Waals surface area contributed by atoms with Crippen LogP contribution in [0.2, 0.25) is 0 Å². The normalized spacial score (nSPS) is 12.0. The van der Waals surface area contributed by atoms with Gasteiger partial charge in [0.1, 0.15) is 41.1 Å². The van der Waals surface area contributed by atoms with Crippen LogP contribution in [0.25, 0.3) is 0 Å². The van der Waals surface area contributed by atoms with Crippen LogP contribution in [-0.2, 0) is 14.4 Å². The Labute approximate surface area is 437 Å². The SMILES string of the molecule is COc1ccc(NC(=O)[C@H](CCCCCN)NC(=O)c2cc(NC(=O)[C@H](CCCCCN)NC(=O)c3cc(NC(=O)[C@H](CCCCCN)NC(=O)c4cc(N)ccc4OC)ccc3OC)ccc2OC)cc1C(N)=O. The summed E-state index contributed by atoms with van der Waals surface area (Å²) in [5.41, 5.74) is 29.8. The fourth-order valence-corrected chi connectivity index (χ4v) is 8.02. The topological polar surface area (TPSA) is 359 Å². The van der Waals surface area contributed by atoms with Crippen LogP contribution < -0.4 is 79.5 Å². The summed E-state index contributed by atoms with van der Waals surface area (Å²) in [4.78, 5) is 95.7. The number of rotatable bonds is 32. The van der Waals surface area contributed by atoms with E-state index in [2.05, 4.69) is 31.9 Å². The van der Waals surface area contributed by atoms with Crippen molar-refractivity contribution in [1.29, 1.82) is 0 Å². The van der Waals surface area contributed by atoms with Gasteiger partial charge in [0.15, 0.2) is 0 Å². The minimum Gasteiger partial charge on any atom is -0.496 e. The summed E-state index contributed by atoms with van der Waals surface area (Å²) in [6.07, 6.45) is 6.49. The molecule has 0 fully saturated rings. The Morgan fingerprint density at radius 3 is 1.01 bits per heavy atom. The van der Waals surface area contributed by atoms with Gasteiger partial charge < -0.3 is 79.5 Å². The number of unbranched alkanes of at least 4 members (excludes halogenated alkanes) is 6. The molecule has 0 saturated carbocycles. The van der Waals surface area contributed by atoms with E-state index in [1.165, 1.54) is 89.1 Å². The number of anilines is 4. The number of carbonyl (C=O) groups is 7. The van der Waals surface area contributed by atoms with Gasteiger partial charge in [-0.2, -0.15) is 0 Å². The van der Waals surface area contributed by atoms with Crippen molar-refractivity contribution in [2.45, 2.75) is 95.2 Å². The number of hydrogen-bond acceptors (Lipinski definition) is 15. The molecule has 0 aliphatic rings. The number of methoxy groups -OCH3 is 4. The van der Waals surface area contributed by atoms with E-state index in [0.717, 1.165) is 6.42 Å². The molecule has 0 aromatic heterocycles. The number of nitrogens with two attached hydrogens (primary N) is 5. The maximum atomic E-state index is 14.2. The first-order valence-corrected chi connectivity index (χ1v) is 24.8. The van der Waals surface area contributed by atoms with E-state index in [0.29, 0.717) is 76.7 Å². The fraction of sp³-hybridized carbons (Fsp3) is 0.415. The Morgan fingerprint density at radius 2 is 0.707 bits per heavy atom. The van der Waals surface area contributed by atoms with Crippen LogP contribution >= 0.6 is 0 Å². The molecule has 0 heterocycles. The summed E-state index contributed by atoms with van der Waals surface area (Å²) in [6.45, 7) is 1.34. The van der Waals surface area contributed by atoms with Crippen molar-refractivity contribution < 1.29 is 52.5 Å². The van der Waals surface area contributed by atoms with Gasteiger partial charge in [0, 0.05) is 22.7 Å². The number of carbonyl (C=O) groups excluding carboxylic acids is 7. The summed E-state index contributed by atoms with van der Waals surface area (Å²) < 4.78 is 21.6. The molecule has 4 aromatic rings. The van der Waals surface area contributed by atoms with E-state index in [1.54, 1.807) is 12.1 Å². The number of ether oxygens (including phenoxy) is 4. The van der Waals surface area contributed by atoms with Crippen LogP contribution in [0.3, 0.4) is 0 Å². The predicted molar refractivity (Wildman–Crippen MR) is 287 cm³/mol. The van der Waals surface area contributed by atoms with Crippen LogP contribution in [0.1, 0.15) is 118 Å². The van der Waals surface area contributed by atoms with Gasteiger partial charge in [-0.25, -0.2) is 0 Å². The summed E-state index contributed by atoms with van der Waals surface area (Å²) in [5, 5.41) is 16.8. The molecule has 4 aromatic carbocycles. The molecule has 0 saturated heterocycles. The number of benzene rings is 4. The number of nitrogen functional groups attached to an aromatic ring is 1. The Kier molecular flexibility index (Phi) is 24.6. The molecule has 22 nitrogen and oxygen atoms in total. The second kappa shape index (κ2) is 30.9. The van der Waals surface area contributed by atoms with Gasteiger partial charge in [0.25, 0.3) is 23.6 Å². The van der Waals surface area contributed by atoms with Gasteiger partial charge in [-0.15, -0.1) is 0 Å². The zero-order valence-electron chi connectivity index (χ0n) is 43.1. The number of hydrogen-bond donors (Lipinski definition) is 11. The van der Waals surface area contributed by atoms with Crippen molar-refractivity contribution in [2.75, 3.05) is 69.8 Å². The molecule has 0 radical (unpaired) electrons. The Morgan fingerprint density at radius 1 is 0.413 bits per heavy atom. The average molecular weight is 1040 g/mol. The van der Waals surface area contributed by atoms with E-state index in [9.17, 15) is 33.6 Å². The van der Waals surface area contributed by atoms with Crippen LogP contribution in [-0.4, -0.2) is 108 Å². The lowest BCUT2D eigenvalue weighted by Gasteiger charge is -2.22. The fourth-order valence-electron chi connectivity index (χ4n) is 8.02. The number of primary amides is 1. The molecule has 0 aliphatic heterocycles. The second-order valence-corrected chi connectivity index (χ2v) is 17.5. The van der Waals surface area contributed by atoms with E-state index < -0.39 is 59.5 Å². The maximum Gasteiger partial charge on any atom is 0.255 e. The van der Waals surface area contributed by atoms with Crippen LogP contribution in [0.5, 0.6) is 23.0 Å². The lowest BCUT2D eigenvalue weighted by molar-refractivity contribution is -0.118. The van der Waals surface area contributed by atoms with E-state index in [1.807, 2.05) is 0 Å². The van der Waals surface area contributed by atoms with E-state index in [4.69, 9.17) is 47.6 Å². The van der Waals surface area contributed by atoms with Crippen molar-refractivity contribution in [3.8, 4) is 23.0 Å². The second-order valence-electron chi connectivity index (χ2n) is 17.5. The van der Waals surface area contributed by atoms with Gasteiger partial charge in [0.05, 0.1) is 50.7 Å². The number of amides is 7. The first-order valence-electron chi connectivity index (χ1n) is 24.8. The first-order chi connectivity index (χ1) is 36.1. The van der Waals surface area contributed by atoms with Crippen molar-refractivity contribution in [3.63, 3.8) is 0 Å². The van der Waals surface area contributed by atoms with Crippen LogP contribution in [0.15, 0.2) is 72.8 Å². The third-order valence-corrected chi connectivity index (χ3v) is 12.1. The van der Waals surface area contributed by atoms with Crippen LogP contribution in [0, 0.1) is 0 Å². The zero-order valence-corrected chi connectivity index (χ0v) is 43.1. The molecule has 0 spiro atoms. The molecule has 3 atom stereocenters. The predicted octanol–water partition coefficient (Wildman–Crippen LogP) is 4.17. The lowest BCUT2D eigenvalue weighted by atomic mass is 10.0. The minimum absolute atomic E-state index is 0.00610. The molecule has 7 amide bonds. The van der Waals surface area contributed by atoms with Gasteiger partial charge in [-0.05, 0) is 131 Å². The Hall–Kier alpha value is -7.95. The molecule has 0 aliphatic carbocycles. The van der Waals surface area contributed by atoms with Crippen molar-refractivity contribution in [3.05, 3.63) is 95.1 Å².